The second-order valence-electron chi connectivity index (χ2n) is 5.93. The van der Waals surface area contributed by atoms with Crippen LogP contribution in [0.25, 0.3) is 22.4 Å². The molecule has 5 nitrogen and oxygen atoms in total. The van der Waals surface area contributed by atoms with Crippen LogP contribution in [0.15, 0.2) is 77.4 Å². The molecule has 2 heterocycles. The number of benzene rings is 2. The fraction of sp³-hybridized carbons (Fsp3) is 0.0909. The zero-order valence-electron chi connectivity index (χ0n) is 14.8. The predicted molar refractivity (Wildman–Crippen MR) is 105 cm³/mol. The van der Waals surface area contributed by atoms with Crippen molar-refractivity contribution in [1.82, 2.24) is 4.98 Å². The molecule has 5 heteroatoms. The Balaban J connectivity index is 1.77. The van der Waals surface area contributed by atoms with Gasteiger partial charge < -0.3 is 14.5 Å². The monoisotopic (exact) mass is 358 g/mol. The third kappa shape index (κ3) is 3.40. The van der Waals surface area contributed by atoms with Crippen molar-refractivity contribution in [3.63, 3.8) is 0 Å². The molecule has 0 saturated heterocycles. The Kier molecular flexibility index (Phi) is 4.58. The molecule has 2 aromatic carbocycles. The van der Waals surface area contributed by atoms with Gasteiger partial charge in [-0.3, -0.25) is 4.79 Å². The van der Waals surface area contributed by atoms with E-state index in [4.69, 9.17) is 9.15 Å². The number of pyridine rings is 1. The molecule has 0 aliphatic heterocycles. The van der Waals surface area contributed by atoms with Gasteiger partial charge in [-0.2, -0.15) is 0 Å². The number of rotatable bonds is 5. The summed E-state index contributed by atoms with van der Waals surface area (Å²) in [6.45, 7) is 2.43. The Morgan fingerprint density at radius 3 is 2.70 bits per heavy atom. The Bertz CT molecular complexity index is 1090. The first-order valence-electron chi connectivity index (χ1n) is 8.73. The zero-order chi connectivity index (χ0) is 18.6. The molecule has 0 unspecified atom stereocenters. The molecule has 27 heavy (non-hydrogen) atoms. The van der Waals surface area contributed by atoms with Crippen LogP contribution in [0.1, 0.15) is 17.3 Å². The first kappa shape index (κ1) is 16.8. The van der Waals surface area contributed by atoms with E-state index < -0.39 is 0 Å². The maximum absolute atomic E-state index is 13.1. The fourth-order valence-corrected chi connectivity index (χ4v) is 2.95. The second kappa shape index (κ2) is 7.33. The van der Waals surface area contributed by atoms with Crippen LogP contribution in [0.5, 0.6) is 5.75 Å². The van der Waals surface area contributed by atoms with Crippen LogP contribution in [0.4, 0.5) is 5.69 Å². The van der Waals surface area contributed by atoms with Gasteiger partial charge in [-0.25, -0.2) is 4.98 Å². The Hall–Kier alpha value is -3.60. The lowest BCUT2D eigenvalue weighted by Crippen LogP contribution is -2.14. The topological polar surface area (TPSA) is 64.4 Å². The number of carbonyl (C=O) groups is 1. The van der Waals surface area contributed by atoms with Gasteiger partial charge in [0.1, 0.15) is 11.4 Å². The number of nitrogens with one attached hydrogen (secondary N) is 1. The number of aromatic nitrogens is 1. The van der Waals surface area contributed by atoms with Crippen molar-refractivity contribution in [2.24, 2.45) is 0 Å². The highest BCUT2D eigenvalue weighted by Crippen LogP contribution is 2.28. The van der Waals surface area contributed by atoms with E-state index in [-0.39, 0.29) is 5.91 Å². The second-order valence-corrected chi connectivity index (χ2v) is 5.93. The van der Waals surface area contributed by atoms with Crippen molar-refractivity contribution in [2.45, 2.75) is 6.92 Å². The number of anilines is 1. The number of ether oxygens (including phenoxy) is 1. The highest BCUT2D eigenvalue weighted by atomic mass is 16.5. The predicted octanol–water partition coefficient (Wildman–Crippen LogP) is 5.15. The van der Waals surface area contributed by atoms with Crippen LogP contribution < -0.4 is 10.1 Å². The number of carbonyl (C=O) groups excluding carboxylic acids is 1. The summed E-state index contributed by atoms with van der Waals surface area (Å²) >= 11 is 0. The lowest BCUT2D eigenvalue weighted by atomic mass is 10.1. The molecule has 4 rings (SSSR count). The number of hydrogen-bond donors (Lipinski definition) is 1. The lowest BCUT2D eigenvalue weighted by Gasteiger charge is -2.13. The Morgan fingerprint density at radius 1 is 1.07 bits per heavy atom. The highest BCUT2D eigenvalue weighted by Gasteiger charge is 2.16. The summed E-state index contributed by atoms with van der Waals surface area (Å²) in [4.78, 5) is 17.7. The van der Waals surface area contributed by atoms with Crippen LogP contribution in [-0.2, 0) is 0 Å². The van der Waals surface area contributed by atoms with Crippen molar-refractivity contribution >= 4 is 22.5 Å². The van der Waals surface area contributed by atoms with Gasteiger partial charge in [-0.05, 0) is 43.3 Å². The van der Waals surface area contributed by atoms with Gasteiger partial charge >= 0.3 is 0 Å². The van der Waals surface area contributed by atoms with Gasteiger partial charge in [0.05, 0.1) is 29.6 Å². The molecule has 0 aliphatic rings. The molecule has 1 N–H and O–H groups in total. The minimum atomic E-state index is -0.228. The average Bonchev–Trinajstić information content (AvgIpc) is 3.23. The van der Waals surface area contributed by atoms with Crippen molar-refractivity contribution in [3.05, 3.63) is 78.6 Å². The number of para-hydroxylation sites is 3. The van der Waals surface area contributed by atoms with Crippen molar-refractivity contribution in [1.29, 1.82) is 0 Å². The Labute approximate surface area is 156 Å². The largest absolute Gasteiger partial charge is 0.492 e. The minimum Gasteiger partial charge on any atom is -0.492 e. The number of hydrogen-bond acceptors (Lipinski definition) is 4. The number of fused-ring (bicyclic) bond motifs is 1. The molecule has 134 valence electrons. The molecule has 0 saturated carbocycles. The third-order valence-electron chi connectivity index (χ3n) is 4.17. The summed E-state index contributed by atoms with van der Waals surface area (Å²) in [5.41, 5.74) is 2.50. The number of nitrogens with zero attached hydrogens (tertiary/aromatic N) is 1. The van der Waals surface area contributed by atoms with Crippen LogP contribution in [0.2, 0.25) is 0 Å². The van der Waals surface area contributed by atoms with Gasteiger partial charge in [0.25, 0.3) is 5.91 Å². The zero-order valence-corrected chi connectivity index (χ0v) is 14.8. The first-order chi connectivity index (χ1) is 13.3. The van der Waals surface area contributed by atoms with Crippen molar-refractivity contribution in [3.8, 4) is 17.2 Å². The smallest absolute Gasteiger partial charge is 0.256 e. The molecule has 0 radical (unpaired) electrons. The van der Waals surface area contributed by atoms with E-state index in [1.165, 1.54) is 0 Å². The molecule has 4 aromatic rings. The SMILES string of the molecule is CCOc1ccccc1NC(=O)c1cc(-c2ccco2)nc2ccccc12. The fourth-order valence-electron chi connectivity index (χ4n) is 2.95. The molecule has 0 aliphatic carbocycles. The summed E-state index contributed by atoms with van der Waals surface area (Å²) in [6.07, 6.45) is 1.59. The maximum atomic E-state index is 13.1. The van der Waals surface area contributed by atoms with Crippen LogP contribution >= 0.6 is 0 Å². The van der Waals surface area contributed by atoms with Gasteiger partial charge in [0, 0.05) is 5.39 Å². The van der Waals surface area contributed by atoms with Crippen LogP contribution in [-0.4, -0.2) is 17.5 Å². The molecule has 0 atom stereocenters. The van der Waals surface area contributed by atoms with Crippen molar-refractivity contribution in [2.75, 3.05) is 11.9 Å². The highest BCUT2D eigenvalue weighted by molar-refractivity contribution is 6.13. The van der Waals surface area contributed by atoms with Gasteiger partial charge in [0.15, 0.2) is 5.76 Å². The van der Waals surface area contributed by atoms with E-state index in [9.17, 15) is 4.79 Å². The molecule has 1 amide bonds. The normalized spacial score (nSPS) is 10.7. The first-order valence-corrected chi connectivity index (χ1v) is 8.73. The van der Waals surface area contributed by atoms with E-state index in [1.54, 1.807) is 18.4 Å². The lowest BCUT2D eigenvalue weighted by molar-refractivity contribution is 0.102. The summed E-state index contributed by atoms with van der Waals surface area (Å²) in [5, 5.41) is 3.73. The molecular formula is C22H18N2O3. The summed E-state index contributed by atoms with van der Waals surface area (Å²) in [7, 11) is 0. The van der Waals surface area contributed by atoms with Gasteiger partial charge in [-0.15, -0.1) is 0 Å². The summed E-state index contributed by atoms with van der Waals surface area (Å²) in [5.74, 6) is 1.02. The number of furan rings is 1. The average molecular weight is 358 g/mol. The summed E-state index contributed by atoms with van der Waals surface area (Å²) in [6, 6.07) is 20.3. The quantitative estimate of drug-likeness (QED) is 0.536. The molecular weight excluding hydrogens is 340 g/mol. The van der Waals surface area contributed by atoms with Crippen LogP contribution in [0.3, 0.4) is 0 Å². The number of amides is 1. The molecule has 0 fully saturated rings. The standard InChI is InChI=1S/C22H18N2O3/c1-2-26-20-11-6-5-10-18(20)24-22(25)16-14-19(21-12-7-13-27-21)23-17-9-4-3-8-15(16)17/h3-14H,2H2,1H3,(H,24,25). The van der Waals surface area contributed by atoms with Crippen LogP contribution in [0, 0.1) is 0 Å². The van der Waals surface area contributed by atoms with E-state index in [1.807, 2.05) is 61.5 Å². The van der Waals surface area contributed by atoms with E-state index >= 15 is 0 Å². The molecule has 0 spiro atoms. The minimum absolute atomic E-state index is 0.228. The van der Waals surface area contributed by atoms with Gasteiger partial charge in [0.2, 0.25) is 0 Å². The third-order valence-corrected chi connectivity index (χ3v) is 4.17. The Morgan fingerprint density at radius 2 is 1.89 bits per heavy atom. The molecule has 2 aromatic heterocycles. The van der Waals surface area contributed by atoms with Crippen molar-refractivity contribution < 1.29 is 13.9 Å². The van der Waals surface area contributed by atoms with E-state index in [0.717, 1.165) is 10.9 Å². The molecule has 0 bridgehead atoms. The van der Waals surface area contributed by atoms with E-state index in [2.05, 4.69) is 10.3 Å². The summed E-state index contributed by atoms with van der Waals surface area (Å²) < 4.78 is 11.1. The maximum Gasteiger partial charge on any atom is 0.256 e. The van der Waals surface area contributed by atoms with Gasteiger partial charge in [-0.1, -0.05) is 30.3 Å². The van der Waals surface area contributed by atoms with E-state index in [0.29, 0.717) is 35.1 Å².